The molecule has 0 saturated heterocycles. The van der Waals surface area contributed by atoms with Crippen LogP contribution in [0.3, 0.4) is 0 Å². The van der Waals surface area contributed by atoms with Crippen molar-refractivity contribution in [1.29, 1.82) is 0 Å². The Hall–Kier alpha value is -1.59. The van der Waals surface area contributed by atoms with Crippen LogP contribution in [-0.2, 0) is 7.05 Å². The average Bonchev–Trinajstić information content (AvgIpc) is 2.70. The Morgan fingerprint density at radius 3 is 2.78 bits per heavy atom. The van der Waals surface area contributed by atoms with Crippen molar-refractivity contribution in [3.63, 3.8) is 0 Å². The molecule has 0 aliphatic rings. The normalized spacial score (nSPS) is 10.2. The number of aromatic nitrogens is 2. The van der Waals surface area contributed by atoms with Gasteiger partial charge in [-0.2, -0.15) is 5.10 Å². The Balaban J connectivity index is 2.05. The van der Waals surface area contributed by atoms with E-state index in [1.54, 1.807) is 4.68 Å². The van der Waals surface area contributed by atoms with Crippen molar-refractivity contribution in [2.75, 3.05) is 10.6 Å². The van der Waals surface area contributed by atoms with Gasteiger partial charge in [-0.05, 0) is 36.8 Å². The predicted octanol–water partition coefficient (Wildman–Crippen LogP) is 3.19. The lowest BCUT2D eigenvalue weighted by atomic mass is 10.2. The van der Waals surface area contributed by atoms with Crippen molar-refractivity contribution >= 4 is 40.4 Å². The van der Waals surface area contributed by atoms with E-state index in [1.165, 1.54) is 0 Å². The van der Waals surface area contributed by atoms with Gasteiger partial charge >= 0.3 is 0 Å². The number of hydrogen-bond acceptors (Lipinski definition) is 2. The Kier molecular flexibility index (Phi) is 3.84. The van der Waals surface area contributed by atoms with Crippen LogP contribution in [0.2, 0.25) is 5.02 Å². The van der Waals surface area contributed by atoms with Gasteiger partial charge in [0.15, 0.2) is 10.9 Å². The minimum absolute atomic E-state index is 0.485. The summed E-state index contributed by atoms with van der Waals surface area (Å²) in [5, 5.41) is 11.5. The SMILES string of the molecule is Cc1c(Cl)cccc1NC(=S)Nc1ccn(C)n1. The van der Waals surface area contributed by atoms with E-state index in [1.807, 2.05) is 44.4 Å². The number of rotatable bonds is 2. The molecule has 0 aliphatic heterocycles. The van der Waals surface area contributed by atoms with E-state index in [9.17, 15) is 0 Å². The maximum atomic E-state index is 6.04. The van der Waals surface area contributed by atoms with Crippen LogP contribution < -0.4 is 10.6 Å². The molecule has 2 rings (SSSR count). The summed E-state index contributed by atoms with van der Waals surface area (Å²) in [6.07, 6.45) is 1.84. The molecule has 4 nitrogen and oxygen atoms in total. The molecular weight excluding hydrogens is 268 g/mol. The van der Waals surface area contributed by atoms with E-state index < -0.39 is 0 Å². The number of anilines is 2. The van der Waals surface area contributed by atoms with E-state index in [-0.39, 0.29) is 0 Å². The second kappa shape index (κ2) is 5.37. The van der Waals surface area contributed by atoms with Gasteiger partial charge in [0.25, 0.3) is 0 Å². The number of nitrogens with one attached hydrogen (secondary N) is 2. The maximum Gasteiger partial charge on any atom is 0.176 e. The van der Waals surface area contributed by atoms with Gasteiger partial charge in [-0.3, -0.25) is 4.68 Å². The first-order valence-corrected chi connectivity index (χ1v) is 6.17. The summed E-state index contributed by atoms with van der Waals surface area (Å²) >= 11 is 11.3. The lowest BCUT2D eigenvalue weighted by Gasteiger charge is -2.11. The molecule has 1 aromatic carbocycles. The molecule has 18 heavy (non-hydrogen) atoms. The molecule has 6 heteroatoms. The first-order chi connectivity index (χ1) is 8.56. The van der Waals surface area contributed by atoms with E-state index in [0.717, 1.165) is 11.3 Å². The highest BCUT2D eigenvalue weighted by molar-refractivity contribution is 7.80. The highest BCUT2D eigenvalue weighted by atomic mass is 35.5. The Labute approximate surface area is 116 Å². The summed E-state index contributed by atoms with van der Waals surface area (Å²) in [5.74, 6) is 0.703. The third-order valence-corrected chi connectivity index (χ3v) is 3.08. The van der Waals surface area contributed by atoms with Gasteiger partial charge < -0.3 is 10.6 Å². The van der Waals surface area contributed by atoms with Gasteiger partial charge in [0.1, 0.15) is 0 Å². The van der Waals surface area contributed by atoms with Crippen LogP contribution in [0.1, 0.15) is 5.56 Å². The monoisotopic (exact) mass is 280 g/mol. The molecule has 0 saturated carbocycles. The minimum atomic E-state index is 0.485. The Bertz CT molecular complexity index is 579. The molecule has 0 bridgehead atoms. The molecule has 2 N–H and O–H groups in total. The number of halogens is 1. The summed E-state index contributed by atoms with van der Waals surface area (Å²) in [4.78, 5) is 0. The molecule has 0 radical (unpaired) electrons. The Morgan fingerprint density at radius 2 is 2.11 bits per heavy atom. The fourth-order valence-electron chi connectivity index (χ4n) is 1.49. The second-order valence-corrected chi connectivity index (χ2v) is 4.68. The molecule has 0 unspecified atom stereocenters. The number of hydrogen-bond donors (Lipinski definition) is 2. The van der Waals surface area contributed by atoms with Crippen LogP contribution in [0.25, 0.3) is 0 Å². The zero-order valence-corrected chi connectivity index (χ0v) is 11.6. The third kappa shape index (κ3) is 3.00. The minimum Gasteiger partial charge on any atom is -0.332 e. The lowest BCUT2D eigenvalue weighted by Crippen LogP contribution is -2.20. The zero-order chi connectivity index (χ0) is 13.1. The van der Waals surface area contributed by atoms with Crippen molar-refractivity contribution in [1.82, 2.24) is 9.78 Å². The smallest absolute Gasteiger partial charge is 0.176 e. The van der Waals surface area contributed by atoms with Crippen LogP contribution in [0, 0.1) is 6.92 Å². The fraction of sp³-hybridized carbons (Fsp3) is 0.167. The number of benzene rings is 1. The van der Waals surface area contributed by atoms with E-state index in [0.29, 0.717) is 16.0 Å². The van der Waals surface area contributed by atoms with Gasteiger partial charge in [-0.25, -0.2) is 0 Å². The molecular formula is C12H13ClN4S. The van der Waals surface area contributed by atoms with Crippen molar-refractivity contribution in [3.05, 3.63) is 41.0 Å². The molecule has 2 aromatic rings. The standard InChI is InChI=1S/C12H13ClN4S/c1-8-9(13)4-3-5-10(8)14-12(18)15-11-6-7-17(2)16-11/h3-7H,1-2H3,(H2,14,15,16,18). The van der Waals surface area contributed by atoms with Crippen LogP contribution in [0.4, 0.5) is 11.5 Å². The molecule has 0 fully saturated rings. The van der Waals surface area contributed by atoms with Crippen molar-refractivity contribution in [2.45, 2.75) is 6.92 Å². The molecule has 0 atom stereocenters. The zero-order valence-electron chi connectivity index (χ0n) is 10.1. The highest BCUT2D eigenvalue weighted by Gasteiger charge is 2.05. The van der Waals surface area contributed by atoms with Crippen molar-refractivity contribution < 1.29 is 0 Å². The molecule has 0 amide bonds. The summed E-state index contributed by atoms with van der Waals surface area (Å²) < 4.78 is 1.70. The van der Waals surface area contributed by atoms with Gasteiger partial charge in [0.05, 0.1) is 0 Å². The molecule has 94 valence electrons. The first-order valence-electron chi connectivity index (χ1n) is 5.39. The van der Waals surface area contributed by atoms with Crippen molar-refractivity contribution in [3.8, 4) is 0 Å². The topological polar surface area (TPSA) is 41.9 Å². The Morgan fingerprint density at radius 1 is 1.33 bits per heavy atom. The summed E-state index contributed by atoms with van der Waals surface area (Å²) in [7, 11) is 1.85. The van der Waals surface area contributed by atoms with E-state index >= 15 is 0 Å². The fourth-order valence-corrected chi connectivity index (χ4v) is 1.88. The molecule has 1 heterocycles. The van der Waals surface area contributed by atoms with Gasteiger partial charge in [-0.15, -0.1) is 0 Å². The number of aryl methyl sites for hydroxylation is 1. The van der Waals surface area contributed by atoms with Crippen LogP contribution in [-0.4, -0.2) is 14.9 Å². The van der Waals surface area contributed by atoms with Gasteiger partial charge in [-0.1, -0.05) is 17.7 Å². The number of thiocarbonyl (C=S) groups is 1. The highest BCUT2D eigenvalue weighted by Crippen LogP contribution is 2.22. The van der Waals surface area contributed by atoms with Gasteiger partial charge in [0.2, 0.25) is 0 Å². The molecule has 0 spiro atoms. The van der Waals surface area contributed by atoms with E-state index in [2.05, 4.69) is 15.7 Å². The predicted molar refractivity (Wildman–Crippen MR) is 79.2 cm³/mol. The third-order valence-electron chi connectivity index (χ3n) is 2.47. The molecule has 0 aliphatic carbocycles. The summed E-state index contributed by atoms with van der Waals surface area (Å²) in [5.41, 5.74) is 1.85. The average molecular weight is 281 g/mol. The molecule has 1 aromatic heterocycles. The largest absolute Gasteiger partial charge is 0.332 e. The lowest BCUT2D eigenvalue weighted by molar-refractivity contribution is 0.772. The summed E-state index contributed by atoms with van der Waals surface area (Å²) in [6.45, 7) is 1.94. The van der Waals surface area contributed by atoms with Crippen LogP contribution in [0.5, 0.6) is 0 Å². The van der Waals surface area contributed by atoms with E-state index in [4.69, 9.17) is 23.8 Å². The van der Waals surface area contributed by atoms with Crippen LogP contribution in [0.15, 0.2) is 30.5 Å². The first kappa shape index (κ1) is 12.9. The quantitative estimate of drug-likeness (QED) is 0.829. The van der Waals surface area contributed by atoms with Crippen molar-refractivity contribution in [2.24, 2.45) is 7.05 Å². The second-order valence-electron chi connectivity index (χ2n) is 3.87. The maximum absolute atomic E-state index is 6.04. The summed E-state index contributed by atoms with van der Waals surface area (Å²) in [6, 6.07) is 7.49. The van der Waals surface area contributed by atoms with Gasteiger partial charge in [0, 0.05) is 30.0 Å². The number of nitrogens with zero attached hydrogens (tertiary/aromatic N) is 2. The van der Waals surface area contributed by atoms with Crippen LogP contribution >= 0.6 is 23.8 Å².